The van der Waals surface area contributed by atoms with E-state index in [9.17, 15) is 0 Å². The number of hydrogen-bond acceptors (Lipinski definition) is 5. The molecule has 4 atom stereocenters. The number of halogens is 2. The zero-order chi connectivity index (χ0) is 33.8. The highest BCUT2D eigenvalue weighted by Gasteiger charge is 2.41. The van der Waals surface area contributed by atoms with E-state index in [0.717, 1.165) is 34.2 Å². The smallest absolute Gasteiger partial charge is 0.130 e. The quantitative estimate of drug-likeness (QED) is 0.109. The van der Waals surface area contributed by atoms with Gasteiger partial charge in [-0.2, -0.15) is 0 Å². The Kier molecular flexibility index (Phi) is 12.8. The molecule has 0 saturated carbocycles. The fourth-order valence-corrected chi connectivity index (χ4v) is 7.92. The third kappa shape index (κ3) is 9.96. The third-order valence-corrected chi connectivity index (χ3v) is 10.5. The van der Waals surface area contributed by atoms with Crippen LogP contribution in [0.15, 0.2) is 127 Å². The van der Waals surface area contributed by atoms with Crippen LogP contribution in [0.1, 0.15) is 52.0 Å². The van der Waals surface area contributed by atoms with Gasteiger partial charge in [-0.1, -0.05) is 121 Å². The molecule has 0 unspecified atom stereocenters. The minimum Gasteiger partial charge on any atom is -0.494 e. The van der Waals surface area contributed by atoms with Crippen LogP contribution in [0, 0.1) is 5.82 Å². The fourth-order valence-electron chi connectivity index (χ4n) is 6.13. The van der Waals surface area contributed by atoms with E-state index in [1.54, 1.807) is 12.1 Å². The van der Waals surface area contributed by atoms with Crippen molar-refractivity contribution < 1.29 is 23.3 Å². The Labute approximate surface area is 298 Å². The molecule has 254 valence electrons. The topological polar surface area (TPSA) is 36.9 Å². The molecule has 1 fully saturated rings. The molecule has 0 aliphatic carbocycles. The molecule has 0 amide bonds. The lowest BCUT2D eigenvalue weighted by molar-refractivity contribution is -0.0949. The second-order valence-corrected chi connectivity index (χ2v) is 14.1. The van der Waals surface area contributed by atoms with Crippen molar-refractivity contribution in [3.63, 3.8) is 0 Å². The molecule has 1 aliphatic rings. The predicted octanol–water partition coefficient (Wildman–Crippen LogP) is 10.4. The van der Waals surface area contributed by atoms with E-state index < -0.39 is 0 Å². The monoisotopic (exact) mass is 696 g/mol. The van der Waals surface area contributed by atoms with Crippen LogP contribution >= 0.6 is 23.4 Å². The highest BCUT2D eigenvalue weighted by Crippen LogP contribution is 2.47. The van der Waals surface area contributed by atoms with E-state index >= 15 is 4.39 Å². The van der Waals surface area contributed by atoms with Crippen LogP contribution < -0.4 is 4.74 Å². The molecular weight excluding hydrogens is 655 g/mol. The summed E-state index contributed by atoms with van der Waals surface area (Å²) in [5, 5.41) is 0.678. The largest absolute Gasteiger partial charge is 0.494 e. The summed E-state index contributed by atoms with van der Waals surface area (Å²) in [6.07, 6.45) is 0.689. The first-order valence-corrected chi connectivity index (χ1v) is 18.2. The number of benzene rings is 5. The lowest BCUT2D eigenvalue weighted by atomic mass is 9.95. The van der Waals surface area contributed by atoms with Gasteiger partial charge in [-0.05, 0) is 58.9 Å². The van der Waals surface area contributed by atoms with Gasteiger partial charge in [0.15, 0.2) is 0 Å². The maximum atomic E-state index is 15.2. The van der Waals surface area contributed by atoms with E-state index in [0.29, 0.717) is 55.8 Å². The van der Waals surface area contributed by atoms with Crippen molar-refractivity contribution in [2.24, 2.45) is 0 Å². The number of thioether (sulfide) groups is 1. The van der Waals surface area contributed by atoms with Gasteiger partial charge >= 0.3 is 0 Å². The molecule has 5 aromatic carbocycles. The molecule has 6 rings (SSSR count). The molecule has 1 heterocycles. The summed E-state index contributed by atoms with van der Waals surface area (Å²) >= 11 is 8.62. The van der Waals surface area contributed by atoms with Gasteiger partial charge in [-0.3, -0.25) is 0 Å². The Morgan fingerprint density at radius 3 is 1.98 bits per heavy atom. The minimum atomic E-state index is -0.312. The van der Waals surface area contributed by atoms with Crippen molar-refractivity contribution in [1.82, 2.24) is 0 Å². The standard InChI is InChI=1S/C42H42ClFO4S/c1-2-46-36-20-18-33(39(44)24-36)22-35-23-34(19-21-38(35)43)42-41(48-28-32-16-10-5-11-17-32)40(47-27-31-14-8-4-9-15-31)25-37(49-42)29-45-26-30-12-6-3-7-13-30/h3-21,23-24,37,40-42H,2,22,25-29H2,1H3/t37-,40-,41+,42-/m0/s1. The van der Waals surface area contributed by atoms with Crippen molar-refractivity contribution in [3.8, 4) is 5.75 Å². The van der Waals surface area contributed by atoms with Gasteiger partial charge in [0.25, 0.3) is 0 Å². The molecule has 0 aromatic heterocycles. The van der Waals surface area contributed by atoms with Crippen LogP contribution in [-0.4, -0.2) is 30.7 Å². The normalized spacial score (nSPS) is 19.1. The first-order valence-electron chi connectivity index (χ1n) is 16.8. The zero-order valence-corrected chi connectivity index (χ0v) is 29.3. The second kappa shape index (κ2) is 17.8. The van der Waals surface area contributed by atoms with Crippen LogP contribution in [-0.2, 0) is 40.5 Å². The van der Waals surface area contributed by atoms with Gasteiger partial charge in [0.1, 0.15) is 17.7 Å². The Morgan fingerprint density at radius 2 is 1.35 bits per heavy atom. The molecule has 0 N–H and O–H groups in total. The Morgan fingerprint density at radius 1 is 0.714 bits per heavy atom. The van der Waals surface area contributed by atoms with Crippen LogP contribution in [0.4, 0.5) is 4.39 Å². The summed E-state index contributed by atoms with van der Waals surface area (Å²) in [5.74, 6) is 0.205. The molecule has 49 heavy (non-hydrogen) atoms. The van der Waals surface area contributed by atoms with Crippen molar-refractivity contribution >= 4 is 23.4 Å². The fraction of sp³-hybridized carbons (Fsp3) is 0.286. The average Bonchev–Trinajstić information content (AvgIpc) is 3.13. The van der Waals surface area contributed by atoms with Gasteiger partial charge in [-0.15, -0.1) is 11.8 Å². The SMILES string of the molecule is CCOc1ccc(Cc2cc([C@@H]3S[C@H](COCc4ccccc4)C[C@H](OCc4ccccc4)[C@H]3OCc3ccccc3)ccc2Cl)c(F)c1. The van der Waals surface area contributed by atoms with E-state index in [2.05, 4.69) is 48.5 Å². The molecular formula is C42H42ClFO4S. The third-order valence-electron chi connectivity index (χ3n) is 8.62. The molecule has 4 nitrogen and oxygen atoms in total. The predicted molar refractivity (Wildman–Crippen MR) is 197 cm³/mol. The van der Waals surface area contributed by atoms with E-state index in [4.69, 9.17) is 30.5 Å². The zero-order valence-electron chi connectivity index (χ0n) is 27.7. The first-order chi connectivity index (χ1) is 24.1. The molecule has 5 aromatic rings. The van der Waals surface area contributed by atoms with Crippen molar-refractivity contribution in [3.05, 3.63) is 172 Å². The summed E-state index contributed by atoms with van der Waals surface area (Å²) in [4.78, 5) is 0. The number of hydrogen-bond donors (Lipinski definition) is 0. The Bertz CT molecular complexity index is 1740. The molecule has 7 heteroatoms. The molecule has 0 bridgehead atoms. The van der Waals surface area contributed by atoms with Crippen molar-refractivity contribution in [1.29, 1.82) is 0 Å². The van der Waals surface area contributed by atoms with Crippen LogP contribution in [0.3, 0.4) is 0 Å². The Hall–Kier alpha value is -3.65. The summed E-state index contributed by atoms with van der Waals surface area (Å²) in [7, 11) is 0. The maximum absolute atomic E-state index is 15.2. The lowest BCUT2D eigenvalue weighted by Crippen LogP contribution is -2.43. The van der Waals surface area contributed by atoms with Crippen molar-refractivity contribution in [2.45, 2.75) is 62.3 Å². The molecule has 0 radical (unpaired) electrons. The van der Waals surface area contributed by atoms with E-state index in [1.807, 2.05) is 79.3 Å². The number of rotatable bonds is 15. The number of ether oxygens (including phenoxy) is 4. The van der Waals surface area contributed by atoms with Crippen LogP contribution in [0.2, 0.25) is 5.02 Å². The lowest BCUT2D eigenvalue weighted by Gasteiger charge is -2.41. The highest BCUT2D eigenvalue weighted by atomic mass is 35.5. The maximum Gasteiger partial charge on any atom is 0.130 e. The average molecular weight is 697 g/mol. The van der Waals surface area contributed by atoms with E-state index in [1.165, 1.54) is 6.07 Å². The molecule has 0 spiro atoms. The van der Waals surface area contributed by atoms with Gasteiger partial charge in [0.05, 0.1) is 44.4 Å². The van der Waals surface area contributed by atoms with E-state index in [-0.39, 0.29) is 28.5 Å². The summed E-state index contributed by atoms with van der Waals surface area (Å²) in [5.41, 5.74) is 5.84. The van der Waals surface area contributed by atoms with Gasteiger partial charge < -0.3 is 18.9 Å². The summed E-state index contributed by atoms with van der Waals surface area (Å²) in [6, 6.07) is 41.8. The molecule has 1 saturated heterocycles. The van der Waals surface area contributed by atoms with Gasteiger partial charge in [0.2, 0.25) is 0 Å². The Balaban J connectivity index is 1.29. The highest BCUT2D eigenvalue weighted by molar-refractivity contribution is 8.00. The molecule has 1 aliphatic heterocycles. The first kappa shape index (κ1) is 35.2. The van der Waals surface area contributed by atoms with Crippen LogP contribution in [0.5, 0.6) is 5.75 Å². The van der Waals surface area contributed by atoms with Gasteiger partial charge in [-0.25, -0.2) is 4.39 Å². The minimum absolute atomic E-state index is 0.0789. The summed E-state index contributed by atoms with van der Waals surface area (Å²) < 4.78 is 40.5. The van der Waals surface area contributed by atoms with Crippen LogP contribution in [0.25, 0.3) is 0 Å². The summed E-state index contributed by atoms with van der Waals surface area (Å²) in [6.45, 7) is 4.42. The van der Waals surface area contributed by atoms with Gasteiger partial charge in [0, 0.05) is 22.8 Å². The van der Waals surface area contributed by atoms with Crippen molar-refractivity contribution in [2.75, 3.05) is 13.2 Å². The second-order valence-electron chi connectivity index (χ2n) is 12.2.